The molecular weight excluding hydrogens is 779 g/mol. The number of rotatable bonds is 20. The average molecular weight is 842 g/mol. The lowest BCUT2D eigenvalue weighted by molar-refractivity contribution is 0.273. The number of benzene rings is 7. The van der Waals surface area contributed by atoms with E-state index in [2.05, 4.69) is 215 Å². The molecule has 0 radical (unpaired) electrons. The summed E-state index contributed by atoms with van der Waals surface area (Å²) >= 11 is 0. The monoisotopic (exact) mass is 841 g/mol. The van der Waals surface area contributed by atoms with Crippen molar-refractivity contribution in [3.8, 4) is 16.9 Å². The molecule has 1 N–H and O–H groups in total. The quantitative estimate of drug-likeness (QED) is 0.0776. The van der Waals surface area contributed by atoms with E-state index in [1.807, 2.05) is 24.3 Å². The number of ether oxygens (including phenoxy) is 1. The van der Waals surface area contributed by atoms with Crippen molar-refractivity contribution in [3.63, 3.8) is 0 Å². The van der Waals surface area contributed by atoms with Gasteiger partial charge in [-0.25, -0.2) is 0 Å². The van der Waals surface area contributed by atoms with Crippen LogP contribution in [-0.4, -0.2) is 11.7 Å². The highest BCUT2D eigenvalue weighted by molar-refractivity contribution is 5.82. The number of hydrogen-bond acceptors (Lipinski definition) is 3. The van der Waals surface area contributed by atoms with Crippen LogP contribution < -0.4 is 9.64 Å². The molecule has 7 aromatic carbocycles. The van der Waals surface area contributed by atoms with Crippen LogP contribution in [0.1, 0.15) is 97.9 Å². The van der Waals surface area contributed by atoms with Crippen LogP contribution in [0.4, 0.5) is 17.1 Å². The molecule has 0 spiro atoms. The number of aliphatic hydroxyl groups is 1. The van der Waals surface area contributed by atoms with Crippen molar-refractivity contribution in [2.45, 2.75) is 66.4 Å². The fraction of sp³-hybridized carbons (Fsp3) is 0.213. The first-order valence-electron chi connectivity index (χ1n) is 23.1. The highest BCUT2D eigenvalue weighted by Gasteiger charge is 2.14. The molecule has 3 nitrogen and oxygen atoms in total. The van der Waals surface area contributed by atoms with Crippen molar-refractivity contribution in [2.24, 2.45) is 11.8 Å². The van der Waals surface area contributed by atoms with Gasteiger partial charge < -0.3 is 14.7 Å². The summed E-state index contributed by atoms with van der Waals surface area (Å²) in [6.07, 6.45) is 18.5. The summed E-state index contributed by atoms with van der Waals surface area (Å²) in [4.78, 5) is 2.31. The third-order valence-electron chi connectivity index (χ3n) is 11.9. The largest absolute Gasteiger partial charge is 0.493 e. The second-order valence-corrected chi connectivity index (χ2v) is 17.3. The third-order valence-corrected chi connectivity index (χ3v) is 11.9. The topological polar surface area (TPSA) is 32.7 Å². The minimum absolute atomic E-state index is 0.0728. The van der Waals surface area contributed by atoms with Gasteiger partial charge in [0.25, 0.3) is 0 Å². The van der Waals surface area contributed by atoms with Gasteiger partial charge in [0.2, 0.25) is 0 Å². The van der Waals surface area contributed by atoms with E-state index in [0.29, 0.717) is 12.5 Å². The second kappa shape index (κ2) is 23.1. The number of nitrogens with zero attached hydrogens (tertiary/aromatic N) is 1. The van der Waals surface area contributed by atoms with Crippen molar-refractivity contribution in [2.75, 3.05) is 11.5 Å². The number of anilines is 3. The first-order chi connectivity index (χ1) is 31.3. The van der Waals surface area contributed by atoms with Crippen LogP contribution in [0.2, 0.25) is 0 Å². The zero-order valence-corrected chi connectivity index (χ0v) is 38.0. The average Bonchev–Trinajstić information content (AvgIpc) is 3.34. The summed E-state index contributed by atoms with van der Waals surface area (Å²) in [5, 5.41) is 10.6. The van der Waals surface area contributed by atoms with Crippen LogP contribution >= 0.6 is 0 Å². The first-order valence-corrected chi connectivity index (χ1v) is 23.1. The Kier molecular flexibility index (Phi) is 16.4. The smallest absolute Gasteiger partial charge is 0.127 e. The lowest BCUT2D eigenvalue weighted by atomic mass is 9.97. The van der Waals surface area contributed by atoms with Gasteiger partial charge in [-0.1, -0.05) is 205 Å². The fourth-order valence-electron chi connectivity index (χ4n) is 7.94. The van der Waals surface area contributed by atoms with Crippen molar-refractivity contribution >= 4 is 53.5 Å². The number of hydrogen-bond donors (Lipinski definition) is 1. The number of aliphatic hydroxyl groups excluding tert-OH is 1. The molecule has 1 unspecified atom stereocenters. The van der Waals surface area contributed by atoms with E-state index in [1.54, 1.807) is 0 Å². The van der Waals surface area contributed by atoms with E-state index in [9.17, 15) is 5.11 Å². The van der Waals surface area contributed by atoms with E-state index in [0.717, 1.165) is 75.0 Å². The molecule has 3 heteroatoms. The SMILES string of the molecule is CCc1ccc(-c2ccc(N(c3ccc(C=Cc4ccccc4)cc3)c3ccc(C=Cc4cc(OCCC(C)CCCC(C)C)c(C=Cc5ccccc5)cc4CO)cc3)cc2)cc1. The molecule has 0 aliphatic rings. The van der Waals surface area contributed by atoms with Gasteiger partial charge >= 0.3 is 0 Å². The molecule has 7 aromatic rings. The van der Waals surface area contributed by atoms with Gasteiger partial charge in [-0.15, -0.1) is 0 Å². The van der Waals surface area contributed by atoms with E-state index in [1.165, 1.54) is 41.5 Å². The van der Waals surface area contributed by atoms with Crippen molar-refractivity contribution < 1.29 is 9.84 Å². The van der Waals surface area contributed by atoms with E-state index < -0.39 is 0 Å². The van der Waals surface area contributed by atoms with Gasteiger partial charge in [0, 0.05) is 22.6 Å². The predicted molar refractivity (Wildman–Crippen MR) is 276 cm³/mol. The molecule has 0 saturated heterocycles. The molecule has 1 atom stereocenters. The maximum atomic E-state index is 10.6. The van der Waals surface area contributed by atoms with Crippen LogP contribution in [-0.2, 0) is 13.0 Å². The van der Waals surface area contributed by atoms with Gasteiger partial charge in [0.15, 0.2) is 0 Å². The zero-order valence-electron chi connectivity index (χ0n) is 38.0. The highest BCUT2D eigenvalue weighted by Crippen LogP contribution is 2.37. The summed E-state index contributed by atoms with van der Waals surface area (Å²) in [6, 6.07) is 60.0. The van der Waals surface area contributed by atoms with E-state index in [-0.39, 0.29) is 6.61 Å². The van der Waals surface area contributed by atoms with Crippen LogP contribution in [0, 0.1) is 11.8 Å². The van der Waals surface area contributed by atoms with Crippen LogP contribution in [0.3, 0.4) is 0 Å². The first kappa shape index (κ1) is 45.3. The maximum absolute atomic E-state index is 10.6. The molecule has 7 rings (SSSR count). The summed E-state index contributed by atoms with van der Waals surface area (Å²) in [7, 11) is 0. The molecule has 0 aliphatic heterocycles. The fourth-order valence-corrected chi connectivity index (χ4v) is 7.94. The third kappa shape index (κ3) is 12.9. The lowest BCUT2D eigenvalue weighted by Crippen LogP contribution is -2.09. The van der Waals surface area contributed by atoms with Crippen molar-refractivity contribution in [1.29, 1.82) is 0 Å². The van der Waals surface area contributed by atoms with Gasteiger partial charge in [-0.3, -0.25) is 0 Å². The molecule has 0 fully saturated rings. The standard InChI is InChI=1S/C61H63NO2/c1-5-48-21-29-53(30-22-48)54-33-39-60(40-34-54)62(58-35-25-51(26-36-58)20-19-49-15-8-6-9-16-49)59-37-27-52(28-38-59)23-31-55-44-61(64-42-41-47(4)14-12-13-46(2)3)56(43-57(55)45-63)32-24-50-17-10-7-11-18-50/h6-11,15-40,43-44,46-47,63H,5,12-14,41-42,45H2,1-4H3. The molecule has 0 aromatic heterocycles. The highest BCUT2D eigenvalue weighted by atomic mass is 16.5. The van der Waals surface area contributed by atoms with E-state index in [4.69, 9.17) is 4.74 Å². The molecule has 64 heavy (non-hydrogen) atoms. The summed E-state index contributed by atoms with van der Waals surface area (Å²) < 4.78 is 6.55. The predicted octanol–water partition coefficient (Wildman–Crippen LogP) is 16.6. The summed E-state index contributed by atoms with van der Waals surface area (Å²) in [5.74, 6) is 2.16. The Morgan fingerprint density at radius 1 is 0.500 bits per heavy atom. The molecule has 0 bridgehead atoms. The zero-order chi connectivity index (χ0) is 44.5. The Morgan fingerprint density at radius 2 is 0.969 bits per heavy atom. The molecule has 0 saturated carbocycles. The normalized spacial score (nSPS) is 12.2. The lowest BCUT2D eigenvalue weighted by Gasteiger charge is -2.26. The Bertz CT molecular complexity index is 2570. The minimum Gasteiger partial charge on any atom is -0.493 e. The Morgan fingerprint density at radius 3 is 1.47 bits per heavy atom. The molecule has 0 amide bonds. The maximum Gasteiger partial charge on any atom is 0.127 e. The number of aryl methyl sites for hydroxylation is 1. The second-order valence-electron chi connectivity index (χ2n) is 17.3. The van der Waals surface area contributed by atoms with Crippen molar-refractivity contribution in [1.82, 2.24) is 0 Å². The van der Waals surface area contributed by atoms with Gasteiger partial charge in [0.05, 0.1) is 13.2 Å². The van der Waals surface area contributed by atoms with Gasteiger partial charge in [-0.2, -0.15) is 0 Å². The molecule has 0 heterocycles. The Hall–Kier alpha value is -6.68. The van der Waals surface area contributed by atoms with Gasteiger partial charge in [-0.05, 0) is 123 Å². The molecular formula is C61H63NO2. The summed E-state index contributed by atoms with van der Waals surface area (Å²) in [5.41, 5.74) is 14.2. The Balaban J connectivity index is 1.14. The van der Waals surface area contributed by atoms with Gasteiger partial charge in [0.1, 0.15) is 5.75 Å². The van der Waals surface area contributed by atoms with E-state index >= 15 is 0 Å². The molecule has 0 aliphatic carbocycles. The minimum atomic E-state index is -0.0728. The summed E-state index contributed by atoms with van der Waals surface area (Å²) in [6.45, 7) is 9.69. The molecule has 324 valence electrons. The van der Waals surface area contributed by atoms with Crippen LogP contribution in [0.25, 0.3) is 47.6 Å². The Labute approximate surface area is 382 Å². The van der Waals surface area contributed by atoms with Crippen LogP contribution in [0.15, 0.2) is 170 Å². The van der Waals surface area contributed by atoms with Crippen molar-refractivity contribution in [3.05, 3.63) is 214 Å². The van der Waals surface area contributed by atoms with Crippen LogP contribution in [0.5, 0.6) is 5.75 Å².